The molecule has 0 radical (unpaired) electrons. The molecule has 0 aromatic heterocycles. The zero-order chi connectivity index (χ0) is 14.4. The summed E-state index contributed by atoms with van der Waals surface area (Å²) in [5, 5.41) is 2.49. The molecule has 1 amide bonds. The van der Waals surface area contributed by atoms with Crippen molar-refractivity contribution >= 4 is 23.1 Å². The molecule has 1 N–H and O–H groups in total. The van der Waals surface area contributed by atoms with E-state index in [9.17, 15) is 9.59 Å². The lowest BCUT2D eigenvalue weighted by molar-refractivity contribution is -0.114. The highest BCUT2D eigenvalue weighted by Gasteiger charge is 2.30. The molecule has 0 heterocycles. The predicted molar refractivity (Wildman–Crippen MR) is 74.5 cm³/mol. The molecule has 0 spiro atoms. The fourth-order valence-electron chi connectivity index (χ4n) is 1.63. The summed E-state index contributed by atoms with van der Waals surface area (Å²) in [6.07, 6.45) is 0. The Balaban J connectivity index is 2.19. The average molecular weight is 265 g/mol. The lowest BCUT2D eigenvalue weighted by atomic mass is 10.1. The molecule has 5 heteroatoms. The first-order valence-corrected chi connectivity index (χ1v) is 5.90. The van der Waals surface area contributed by atoms with E-state index >= 15 is 0 Å². The topological polar surface area (TPSA) is 82.6 Å². The van der Waals surface area contributed by atoms with Gasteiger partial charge in [0.2, 0.25) is 0 Å². The number of ketones is 1. The summed E-state index contributed by atoms with van der Waals surface area (Å²) >= 11 is 0. The second-order valence-corrected chi connectivity index (χ2v) is 3.96. The van der Waals surface area contributed by atoms with Crippen molar-refractivity contribution in [3.05, 3.63) is 71.8 Å². The second-order valence-electron chi connectivity index (χ2n) is 3.96. The zero-order valence-electron chi connectivity index (χ0n) is 10.5. The van der Waals surface area contributed by atoms with Crippen LogP contribution in [0, 0.1) is 0 Å². The minimum atomic E-state index is -0.757. The fraction of sp³-hybridized carbons (Fsp3) is 0. The van der Waals surface area contributed by atoms with Crippen LogP contribution in [-0.4, -0.2) is 22.2 Å². The van der Waals surface area contributed by atoms with Crippen LogP contribution in [0.2, 0.25) is 0 Å². The molecule has 0 saturated heterocycles. The molecular weight excluding hydrogens is 254 g/mol. The van der Waals surface area contributed by atoms with Gasteiger partial charge in [0.1, 0.15) is 0 Å². The minimum absolute atomic E-state index is 0.281. The number of hydrogen-bond acceptors (Lipinski definition) is 2. The predicted octanol–water partition coefficient (Wildman–Crippen LogP) is 2.18. The Labute approximate surface area is 115 Å². The third-order valence-electron chi connectivity index (χ3n) is 2.60. The molecule has 0 aliphatic carbocycles. The van der Waals surface area contributed by atoms with Crippen molar-refractivity contribution in [1.82, 2.24) is 0 Å². The van der Waals surface area contributed by atoms with Gasteiger partial charge in [-0.3, -0.25) is 9.59 Å². The normalized spacial score (nSPS) is 9.40. The number of benzene rings is 2. The van der Waals surface area contributed by atoms with Crippen LogP contribution in [0.4, 0.5) is 5.69 Å². The lowest BCUT2D eigenvalue weighted by Crippen LogP contribution is -2.31. The monoisotopic (exact) mass is 265 g/mol. The van der Waals surface area contributed by atoms with E-state index in [0.717, 1.165) is 0 Å². The summed E-state index contributed by atoms with van der Waals surface area (Å²) in [4.78, 5) is 26.8. The molecule has 2 rings (SSSR count). The van der Waals surface area contributed by atoms with Gasteiger partial charge in [0, 0.05) is 11.3 Å². The van der Waals surface area contributed by atoms with Crippen LogP contribution in [0.25, 0.3) is 5.53 Å². The maximum Gasteiger partial charge on any atom is 0.426 e. The summed E-state index contributed by atoms with van der Waals surface area (Å²) in [6.45, 7) is 0. The number of rotatable bonds is 4. The summed E-state index contributed by atoms with van der Waals surface area (Å²) in [7, 11) is 0. The number of para-hydroxylation sites is 1. The van der Waals surface area contributed by atoms with Crippen molar-refractivity contribution < 1.29 is 14.4 Å². The van der Waals surface area contributed by atoms with E-state index in [1.807, 2.05) is 0 Å². The highest BCUT2D eigenvalue weighted by atomic mass is 16.2. The lowest BCUT2D eigenvalue weighted by Gasteiger charge is -2.01. The van der Waals surface area contributed by atoms with Crippen LogP contribution in [0.5, 0.6) is 0 Å². The maximum atomic E-state index is 12.1. The Hall–Kier alpha value is -3.04. The van der Waals surface area contributed by atoms with Crippen molar-refractivity contribution in [2.75, 3.05) is 5.32 Å². The molecule has 0 saturated carbocycles. The summed E-state index contributed by atoms with van der Waals surface area (Å²) < 4.78 is 0. The number of hydrogen-bond donors (Lipinski definition) is 1. The van der Waals surface area contributed by atoms with Gasteiger partial charge in [-0.05, 0) is 12.1 Å². The number of Topliss-reactive ketones (excluding diaryl/α,β-unsaturated/α-hetero) is 1. The first kappa shape index (κ1) is 13.4. The van der Waals surface area contributed by atoms with Crippen molar-refractivity contribution in [3.8, 4) is 0 Å². The number of nitrogens with one attached hydrogen (secondary N) is 1. The number of nitrogens with zero attached hydrogens (tertiary/aromatic N) is 2. The molecule has 2 aromatic carbocycles. The quantitative estimate of drug-likeness (QED) is 0.302. The highest BCUT2D eigenvalue weighted by Crippen LogP contribution is 2.06. The molecule has 0 bridgehead atoms. The molecule has 2 aromatic rings. The van der Waals surface area contributed by atoms with Gasteiger partial charge < -0.3 is 10.8 Å². The van der Waals surface area contributed by atoms with Crippen LogP contribution >= 0.6 is 0 Å². The molecule has 98 valence electrons. The molecule has 0 aliphatic rings. The molecule has 0 atom stereocenters. The van der Waals surface area contributed by atoms with Gasteiger partial charge in [0.25, 0.3) is 5.78 Å². The molecule has 0 unspecified atom stereocenters. The van der Waals surface area contributed by atoms with Gasteiger partial charge in [0.15, 0.2) is 0 Å². The summed E-state index contributed by atoms with van der Waals surface area (Å²) in [5.41, 5.74) is 9.15. The first-order valence-electron chi connectivity index (χ1n) is 5.90. The van der Waals surface area contributed by atoms with E-state index in [0.29, 0.717) is 5.69 Å². The largest absolute Gasteiger partial charge is 0.426 e. The van der Waals surface area contributed by atoms with Crippen molar-refractivity contribution in [2.45, 2.75) is 0 Å². The molecule has 0 fully saturated rings. The van der Waals surface area contributed by atoms with Crippen molar-refractivity contribution in [3.63, 3.8) is 0 Å². The van der Waals surface area contributed by atoms with Gasteiger partial charge >= 0.3 is 11.6 Å². The Morgan fingerprint density at radius 1 is 0.900 bits per heavy atom. The summed E-state index contributed by atoms with van der Waals surface area (Å²) in [6, 6.07) is 16.8. The molecule has 0 aliphatic heterocycles. The smallest absolute Gasteiger partial charge is 0.360 e. The average Bonchev–Trinajstić information content (AvgIpc) is 2.49. The SMILES string of the molecule is [N-]=[N+]=C(C(=O)Nc1ccccc1)C(=O)c1ccccc1. The first-order chi connectivity index (χ1) is 9.72. The Morgan fingerprint density at radius 3 is 2.00 bits per heavy atom. The van der Waals surface area contributed by atoms with Gasteiger partial charge in [-0.2, -0.15) is 4.79 Å². The molecule has 20 heavy (non-hydrogen) atoms. The Morgan fingerprint density at radius 2 is 1.45 bits per heavy atom. The van der Waals surface area contributed by atoms with E-state index < -0.39 is 17.4 Å². The Bertz CT molecular complexity index is 675. The zero-order valence-corrected chi connectivity index (χ0v) is 10.5. The van der Waals surface area contributed by atoms with Gasteiger partial charge in [-0.25, -0.2) is 0 Å². The number of carbonyl (C=O) groups excluding carboxylic acids is 2. The van der Waals surface area contributed by atoms with E-state index in [1.165, 1.54) is 0 Å². The summed E-state index contributed by atoms with van der Waals surface area (Å²) in [5.74, 6) is -1.39. The van der Waals surface area contributed by atoms with E-state index in [4.69, 9.17) is 5.53 Å². The highest BCUT2D eigenvalue weighted by molar-refractivity contribution is 6.68. The van der Waals surface area contributed by atoms with Crippen molar-refractivity contribution in [1.29, 1.82) is 0 Å². The van der Waals surface area contributed by atoms with Crippen LogP contribution in [-0.2, 0) is 4.79 Å². The van der Waals surface area contributed by atoms with Crippen LogP contribution in [0.1, 0.15) is 10.4 Å². The Kier molecular flexibility index (Phi) is 4.17. The second kappa shape index (κ2) is 6.22. The minimum Gasteiger partial charge on any atom is -0.360 e. The molecular formula is C15H11N3O2. The number of anilines is 1. The maximum absolute atomic E-state index is 12.1. The van der Waals surface area contributed by atoms with Gasteiger partial charge in [-0.1, -0.05) is 48.5 Å². The van der Waals surface area contributed by atoms with Gasteiger partial charge in [0.05, 0.1) is 0 Å². The number of carbonyl (C=O) groups is 2. The standard InChI is InChI=1S/C15H11N3O2/c16-18-13(14(19)11-7-3-1-4-8-11)15(20)17-12-9-5-2-6-10-12/h1-10H,(H,17,20). The third-order valence-corrected chi connectivity index (χ3v) is 2.60. The van der Waals surface area contributed by atoms with Crippen LogP contribution in [0.15, 0.2) is 60.7 Å². The molecule has 5 nitrogen and oxygen atoms in total. The van der Waals surface area contributed by atoms with Crippen molar-refractivity contribution in [2.24, 2.45) is 0 Å². The van der Waals surface area contributed by atoms with E-state index in [2.05, 4.69) is 10.1 Å². The number of amides is 1. The van der Waals surface area contributed by atoms with E-state index in [-0.39, 0.29) is 5.56 Å². The van der Waals surface area contributed by atoms with Crippen LogP contribution < -0.4 is 5.32 Å². The van der Waals surface area contributed by atoms with Gasteiger partial charge in [-0.15, -0.1) is 0 Å². The fourth-order valence-corrected chi connectivity index (χ4v) is 1.63. The van der Waals surface area contributed by atoms with Crippen LogP contribution in [0.3, 0.4) is 0 Å². The van der Waals surface area contributed by atoms with E-state index in [1.54, 1.807) is 60.7 Å². The third kappa shape index (κ3) is 3.04.